The highest BCUT2D eigenvalue weighted by Crippen LogP contribution is 2.28. The van der Waals surface area contributed by atoms with Gasteiger partial charge in [-0.05, 0) is 53.5 Å². The van der Waals surface area contributed by atoms with E-state index >= 15 is 0 Å². The molecule has 0 spiro atoms. The molecular weight excluding hydrogens is 387 g/mol. The van der Waals surface area contributed by atoms with Crippen LogP contribution in [0.1, 0.15) is 23.3 Å². The number of amides is 1. The molecule has 0 radical (unpaired) electrons. The second kappa shape index (κ2) is 7.07. The molecule has 0 aliphatic rings. The third kappa shape index (κ3) is 3.32. The zero-order chi connectivity index (χ0) is 14.0. The molecule has 20 heavy (non-hydrogen) atoms. The highest BCUT2D eigenvalue weighted by molar-refractivity contribution is 14.1. The molecule has 1 amide bonds. The lowest BCUT2D eigenvalue weighted by atomic mass is 10.1. The fourth-order valence-electron chi connectivity index (χ4n) is 1.73. The zero-order valence-corrected chi connectivity index (χ0v) is 13.7. The van der Waals surface area contributed by atoms with Crippen molar-refractivity contribution in [2.75, 3.05) is 11.6 Å². The van der Waals surface area contributed by atoms with Crippen LogP contribution in [0.3, 0.4) is 0 Å². The maximum atomic E-state index is 12.3. The molecule has 0 unspecified atom stereocenters. The predicted molar refractivity (Wildman–Crippen MR) is 91.4 cm³/mol. The van der Waals surface area contributed by atoms with Crippen molar-refractivity contribution in [3.63, 3.8) is 0 Å². The second-order valence-corrected chi connectivity index (χ2v) is 5.89. The quantitative estimate of drug-likeness (QED) is 0.630. The Morgan fingerprint density at radius 2 is 2.15 bits per heavy atom. The van der Waals surface area contributed by atoms with Crippen LogP contribution < -0.4 is 5.32 Å². The number of carbonyl (C=O) groups excluding carboxylic acids is 1. The van der Waals surface area contributed by atoms with Gasteiger partial charge in [-0.15, -0.1) is 11.8 Å². The van der Waals surface area contributed by atoms with Crippen molar-refractivity contribution in [3.05, 3.63) is 33.2 Å². The van der Waals surface area contributed by atoms with E-state index in [4.69, 9.17) is 0 Å². The molecule has 0 atom stereocenters. The third-order valence-electron chi connectivity index (χ3n) is 2.74. The van der Waals surface area contributed by atoms with Crippen LogP contribution >= 0.6 is 34.4 Å². The Bertz CT molecular complexity index is 627. The van der Waals surface area contributed by atoms with Gasteiger partial charge in [-0.2, -0.15) is 10.1 Å². The van der Waals surface area contributed by atoms with E-state index in [1.165, 1.54) is 11.0 Å². The number of thioether (sulfide) groups is 1. The molecule has 7 heteroatoms. The highest BCUT2D eigenvalue weighted by atomic mass is 127. The molecule has 1 aromatic carbocycles. The van der Waals surface area contributed by atoms with Gasteiger partial charge in [0.25, 0.3) is 5.91 Å². The van der Waals surface area contributed by atoms with Crippen molar-refractivity contribution >= 4 is 46.2 Å². The van der Waals surface area contributed by atoms with E-state index in [1.807, 2.05) is 25.3 Å². The van der Waals surface area contributed by atoms with Crippen LogP contribution in [0.5, 0.6) is 0 Å². The van der Waals surface area contributed by atoms with Gasteiger partial charge in [0, 0.05) is 21.1 Å². The summed E-state index contributed by atoms with van der Waals surface area (Å²) in [7, 11) is 1.73. The van der Waals surface area contributed by atoms with E-state index < -0.39 is 0 Å². The second-order valence-electron chi connectivity index (χ2n) is 3.91. The topological polar surface area (TPSA) is 59.8 Å². The number of hydrogen-bond donors (Lipinski definition) is 1. The molecule has 1 heterocycles. The van der Waals surface area contributed by atoms with Gasteiger partial charge in [-0.3, -0.25) is 10.1 Å². The third-order valence-corrected chi connectivity index (χ3v) is 4.94. The number of aryl methyl sites for hydroxylation is 1. The Hall–Kier alpha value is -1.09. The fourth-order valence-corrected chi connectivity index (χ4v) is 3.66. The first kappa shape index (κ1) is 17.0. The van der Waals surface area contributed by atoms with Crippen LogP contribution in [-0.4, -0.2) is 26.9 Å². The zero-order valence-electron chi connectivity index (χ0n) is 10.8. The largest absolute Gasteiger partial charge is 0.291 e. The minimum atomic E-state index is -0.166. The average molecular weight is 404 g/mol. The number of rotatable bonds is 3. The number of hydrogen-bond acceptors (Lipinski definition) is 4. The van der Waals surface area contributed by atoms with Gasteiger partial charge in [-0.25, -0.2) is 4.68 Å². The molecule has 0 aliphatic carbocycles. The first-order valence-corrected chi connectivity index (χ1v) is 7.83. The number of anilines is 1. The van der Waals surface area contributed by atoms with Crippen molar-refractivity contribution in [1.29, 1.82) is 0 Å². The van der Waals surface area contributed by atoms with E-state index in [0.717, 1.165) is 14.0 Å². The molecule has 2 rings (SSSR count). The highest BCUT2D eigenvalue weighted by Gasteiger charge is 2.15. The molecule has 0 saturated carbocycles. The number of nitrogens with zero attached hydrogens (tertiary/aromatic N) is 3. The summed E-state index contributed by atoms with van der Waals surface area (Å²) < 4.78 is 2.67. The molecule has 0 fully saturated rings. The van der Waals surface area contributed by atoms with E-state index in [9.17, 15) is 4.79 Å². The van der Waals surface area contributed by atoms with Gasteiger partial charge < -0.3 is 0 Å². The first-order valence-electron chi connectivity index (χ1n) is 5.53. The molecular formula is C13H17IN4OS. The lowest BCUT2D eigenvalue weighted by Crippen LogP contribution is -2.17. The lowest BCUT2D eigenvalue weighted by Gasteiger charge is -2.11. The summed E-state index contributed by atoms with van der Waals surface area (Å²) in [5.41, 5.74) is 1.65. The molecule has 2 aromatic rings. The Labute approximate surface area is 136 Å². The normalized spacial score (nSPS) is 10.0. The number of carbonyl (C=O) groups is 1. The molecule has 108 valence electrons. The number of nitrogens with one attached hydrogen (secondary N) is 1. The number of benzene rings is 1. The Kier molecular flexibility index (Phi) is 6.00. The van der Waals surface area contributed by atoms with Gasteiger partial charge in [0.15, 0.2) is 0 Å². The molecule has 5 nitrogen and oxygen atoms in total. The number of halogens is 1. The van der Waals surface area contributed by atoms with Crippen LogP contribution in [0.2, 0.25) is 0 Å². The number of aromatic nitrogens is 3. The summed E-state index contributed by atoms with van der Waals surface area (Å²) in [6, 6.07) is 3.79. The van der Waals surface area contributed by atoms with Crippen molar-refractivity contribution in [3.8, 4) is 0 Å². The van der Waals surface area contributed by atoms with Gasteiger partial charge in [-0.1, -0.05) is 7.43 Å². The van der Waals surface area contributed by atoms with Gasteiger partial charge >= 0.3 is 0 Å². The smallest absolute Gasteiger partial charge is 0.258 e. The Balaban J connectivity index is 0.00000200. The fraction of sp³-hybridized carbons (Fsp3) is 0.308. The van der Waals surface area contributed by atoms with E-state index in [1.54, 1.807) is 18.8 Å². The van der Waals surface area contributed by atoms with E-state index in [2.05, 4.69) is 38.0 Å². The molecule has 1 N–H and O–H groups in total. The standard InChI is InChI=1S/C12H13IN4OS.CH4/c1-7-8(4-5-9(13)10(7)19-3)11(18)16-12-14-6-15-17(12)2;/h4-6H,1-3H3,(H,14,15,16,18);1H4. The minimum Gasteiger partial charge on any atom is -0.291 e. The molecule has 0 aliphatic heterocycles. The summed E-state index contributed by atoms with van der Waals surface area (Å²) in [5.74, 6) is 0.272. The summed E-state index contributed by atoms with van der Waals surface area (Å²) in [5, 5.41) is 6.68. The van der Waals surface area contributed by atoms with Crippen molar-refractivity contribution in [2.24, 2.45) is 7.05 Å². The summed E-state index contributed by atoms with van der Waals surface area (Å²) >= 11 is 3.92. The molecule has 0 bridgehead atoms. The van der Waals surface area contributed by atoms with Crippen molar-refractivity contribution < 1.29 is 4.79 Å². The van der Waals surface area contributed by atoms with Crippen molar-refractivity contribution in [1.82, 2.24) is 14.8 Å². The Morgan fingerprint density at radius 1 is 1.45 bits per heavy atom. The maximum Gasteiger partial charge on any atom is 0.258 e. The minimum absolute atomic E-state index is 0. The summed E-state index contributed by atoms with van der Waals surface area (Å²) in [6.07, 6.45) is 3.42. The monoisotopic (exact) mass is 404 g/mol. The van der Waals surface area contributed by atoms with Crippen molar-refractivity contribution in [2.45, 2.75) is 19.2 Å². The van der Waals surface area contributed by atoms with E-state index in [-0.39, 0.29) is 13.3 Å². The van der Waals surface area contributed by atoms with E-state index in [0.29, 0.717) is 11.5 Å². The van der Waals surface area contributed by atoms with Crippen LogP contribution in [-0.2, 0) is 7.05 Å². The van der Waals surface area contributed by atoms with Gasteiger partial charge in [0.2, 0.25) is 5.95 Å². The maximum absolute atomic E-state index is 12.3. The van der Waals surface area contributed by atoms with Crippen LogP contribution in [0, 0.1) is 10.5 Å². The van der Waals surface area contributed by atoms with Crippen LogP contribution in [0.15, 0.2) is 23.4 Å². The SMILES string of the molecule is C.CSc1c(I)ccc(C(=O)Nc2ncnn2C)c1C. The van der Waals surface area contributed by atoms with Gasteiger partial charge in [0.05, 0.1) is 0 Å². The lowest BCUT2D eigenvalue weighted by molar-refractivity contribution is 0.102. The first-order chi connectivity index (χ1) is 9.04. The summed E-state index contributed by atoms with van der Waals surface area (Å²) in [6.45, 7) is 1.96. The van der Waals surface area contributed by atoms with Crippen LogP contribution in [0.4, 0.5) is 5.95 Å². The van der Waals surface area contributed by atoms with Crippen LogP contribution in [0.25, 0.3) is 0 Å². The Morgan fingerprint density at radius 3 is 2.70 bits per heavy atom. The average Bonchev–Trinajstić information content (AvgIpc) is 2.75. The molecule has 1 aromatic heterocycles. The predicted octanol–water partition coefficient (Wildman–Crippen LogP) is 3.34. The van der Waals surface area contributed by atoms with Gasteiger partial charge in [0.1, 0.15) is 6.33 Å². The molecule has 0 saturated heterocycles. The summed E-state index contributed by atoms with van der Waals surface area (Å²) in [4.78, 5) is 17.4.